The summed E-state index contributed by atoms with van der Waals surface area (Å²) in [6, 6.07) is 139. The molecule has 0 amide bonds. The van der Waals surface area contributed by atoms with E-state index in [1.54, 1.807) is 0 Å². The summed E-state index contributed by atoms with van der Waals surface area (Å²) in [4.78, 5) is 25.0. The lowest BCUT2D eigenvalue weighted by Gasteiger charge is -2.12. The van der Waals surface area contributed by atoms with E-state index in [4.69, 9.17) is 24.9 Å². The van der Waals surface area contributed by atoms with Crippen LogP contribution in [0.15, 0.2) is 407 Å². The molecule has 0 bridgehead atoms. The molecule has 9 nitrogen and oxygen atoms in total. The van der Waals surface area contributed by atoms with E-state index in [-0.39, 0.29) is 0 Å². The van der Waals surface area contributed by atoms with Crippen LogP contribution in [0.5, 0.6) is 0 Å². The van der Waals surface area contributed by atoms with Gasteiger partial charge in [0, 0.05) is 106 Å². The van der Waals surface area contributed by atoms with E-state index < -0.39 is 0 Å². The number of hydrogen-bond acceptors (Lipinski definition) is 5. The fourth-order valence-corrected chi connectivity index (χ4v) is 16.6. The van der Waals surface area contributed by atoms with Crippen LogP contribution in [-0.4, -0.2) is 43.2 Å². The van der Waals surface area contributed by atoms with Crippen LogP contribution < -0.4 is 0 Å². The Morgan fingerprint density at radius 3 is 0.946 bits per heavy atom. The van der Waals surface area contributed by atoms with Crippen molar-refractivity contribution in [1.29, 1.82) is 0 Å². The molecule has 22 aromatic rings. The average Bonchev–Trinajstić information content (AvgIpc) is 1.58. The van der Waals surface area contributed by atoms with E-state index >= 15 is 0 Å². The Balaban J connectivity index is 0.000000141. The summed E-state index contributed by atoms with van der Waals surface area (Å²) in [6.45, 7) is 0. The number of hydrogen-bond donors (Lipinski definition) is 0. The predicted molar refractivity (Wildman–Crippen MR) is 463 cm³/mol. The van der Waals surface area contributed by atoms with Crippen LogP contribution in [0.4, 0.5) is 0 Å². The maximum atomic E-state index is 5.09. The van der Waals surface area contributed by atoms with Gasteiger partial charge in [0.15, 0.2) is 5.82 Å². The molecule has 0 aliphatic rings. The summed E-state index contributed by atoms with van der Waals surface area (Å²) in [5.41, 5.74) is 29.2. The Hall–Kier alpha value is -15.2. The number of nitrogens with zero attached hydrogens (tertiary/aromatic N) is 9. The van der Waals surface area contributed by atoms with Gasteiger partial charge in [-0.15, -0.1) is 0 Å². The third kappa shape index (κ3) is 11.4. The zero-order valence-corrected chi connectivity index (χ0v) is 60.7. The van der Waals surface area contributed by atoms with Crippen molar-refractivity contribution in [3.63, 3.8) is 0 Å². The molecule has 0 unspecified atom stereocenters. The number of pyridine rings is 3. The molecule has 0 atom stereocenters. The number of para-hydroxylation sites is 4. The van der Waals surface area contributed by atoms with Crippen LogP contribution in [0, 0.1) is 0 Å². The summed E-state index contributed by atoms with van der Waals surface area (Å²) >= 11 is 0. The topological polar surface area (TPSA) is 84.2 Å². The zero-order chi connectivity index (χ0) is 74.0. The van der Waals surface area contributed by atoms with Gasteiger partial charge in [0.1, 0.15) is 11.3 Å². The second-order valence-electron chi connectivity index (χ2n) is 28.3. The van der Waals surface area contributed by atoms with Gasteiger partial charge in [0.2, 0.25) is 0 Å². The van der Waals surface area contributed by atoms with E-state index in [9.17, 15) is 0 Å². The lowest BCUT2D eigenvalue weighted by atomic mass is 9.98. The third-order valence-corrected chi connectivity index (χ3v) is 21.8. The van der Waals surface area contributed by atoms with Crippen molar-refractivity contribution in [2.75, 3.05) is 0 Å². The van der Waals surface area contributed by atoms with Crippen molar-refractivity contribution in [1.82, 2.24) is 43.2 Å². The maximum absolute atomic E-state index is 5.09. The van der Waals surface area contributed by atoms with Crippen LogP contribution in [-0.2, 0) is 0 Å². The van der Waals surface area contributed by atoms with E-state index in [0.717, 1.165) is 123 Å². The molecule has 8 heterocycles. The van der Waals surface area contributed by atoms with Crippen LogP contribution in [0.1, 0.15) is 0 Å². The number of aromatic nitrogens is 9. The summed E-state index contributed by atoms with van der Waals surface area (Å²) in [5.74, 6) is 0.703. The lowest BCUT2D eigenvalue weighted by Crippen LogP contribution is -1.97. The minimum absolute atomic E-state index is 0.703. The average molecular weight is 1430 g/mol. The second-order valence-corrected chi connectivity index (χ2v) is 28.3. The highest BCUT2D eigenvalue weighted by Crippen LogP contribution is 2.45. The molecule has 9 heteroatoms. The SMILES string of the molecule is c1ccc(-c2cc(-c3ccc(-n4c5ccc(-c6cccc7c6c6ccccc6n7-c6ccccc6)cc5c5cccnc54)cc3)cc(-c3ccccc3)n2)cc1.c1ccc(-c2cc(-c3ccc(-n4c5ccc(-c6cccc7c6c6ccccc6n7-c6ccccc6)cc5c5cccnc54)cc3)nc(-c3ccccc3)n2)cc1. The first kappa shape index (κ1) is 65.1. The van der Waals surface area contributed by atoms with Gasteiger partial charge in [0.25, 0.3) is 0 Å². The first-order chi connectivity index (χ1) is 55.6. The first-order valence-electron chi connectivity index (χ1n) is 37.9. The summed E-state index contributed by atoms with van der Waals surface area (Å²) in [6.07, 6.45) is 3.77. The molecular formula is C103H67N9. The van der Waals surface area contributed by atoms with Crippen molar-refractivity contribution in [2.24, 2.45) is 0 Å². The molecular weight excluding hydrogens is 1360 g/mol. The van der Waals surface area contributed by atoms with Gasteiger partial charge in [-0.3, -0.25) is 9.13 Å². The minimum Gasteiger partial charge on any atom is -0.309 e. The van der Waals surface area contributed by atoms with Gasteiger partial charge in [-0.25, -0.2) is 24.9 Å². The predicted octanol–water partition coefficient (Wildman–Crippen LogP) is 26.1. The number of fused-ring (bicyclic) bond motifs is 12. The smallest absolute Gasteiger partial charge is 0.160 e. The van der Waals surface area contributed by atoms with E-state index in [1.807, 2.05) is 73.1 Å². The molecule has 112 heavy (non-hydrogen) atoms. The second kappa shape index (κ2) is 27.5. The minimum atomic E-state index is 0.703. The Bertz CT molecular complexity index is 6760. The normalized spacial score (nSPS) is 11.6. The van der Waals surface area contributed by atoms with Crippen LogP contribution in [0.25, 0.3) is 200 Å². The standard InChI is InChI=1S/C52H34N4.C51H33N5/c1-4-14-36(15-5-1)46-33-39(34-47(54-46)37-16-6-2-7-17-37)35-25-28-41(29-26-35)56-49-30-27-38(32-45(49)43-22-13-31-53-52(43)56)42-21-12-24-50-51(42)44-20-10-11-23-48(44)55(50)40-18-8-3-9-19-40;1-4-14-34(15-5-1)44-33-45(54-50(53-44)36-16-6-2-7-17-36)35-25-28-39(29-26-35)56-47-30-27-37(32-43(47)41-22-13-31-52-51(41)56)40-21-12-24-48-49(40)42-20-10-11-23-46(42)55(48)38-18-8-3-9-19-38/h1-34H;1-33H. The number of rotatable bonds is 12. The van der Waals surface area contributed by atoms with Gasteiger partial charge >= 0.3 is 0 Å². The van der Waals surface area contributed by atoms with Crippen molar-refractivity contribution in [3.8, 4) is 113 Å². The molecule has 8 aromatic heterocycles. The Morgan fingerprint density at radius 1 is 0.179 bits per heavy atom. The Morgan fingerprint density at radius 2 is 0.509 bits per heavy atom. The van der Waals surface area contributed by atoms with Crippen LogP contribution in [0.2, 0.25) is 0 Å². The van der Waals surface area contributed by atoms with Crippen molar-refractivity contribution >= 4 is 87.5 Å². The van der Waals surface area contributed by atoms with E-state index in [1.165, 1.54) is 71.3 Å². The summed E-state index contributed by atoms with van der Waals surface area (Å²) < 4.78 is 9.31. The van der Waals surface area contributed by atoms with Gasteiger partial charge < -0.3 is 9.13 Å². The molecule has 14 aromatic carbocycles. The number of benzene rings is 14. The van der Waals surface area contributed by atoms with Gasteiger partial charge in [0.05, 0.1) is 55.9 Å². The van der Waals surface area contributed by atoms with Crippen molar-refractivity contribution < 1.29 is 0 Å². The summed E-state index contributed by atoms with van der Waals surface area (Å²) in [5, 5.41) is 9.56. The van der Waals surface area contributed by atoms with Gasteiger partial charge in [-0.2, -0.15) is 0 Å². The molecule has 0 N–H and O–H groups in total. The molecule has 0 aliphatic heterocycles. The molecule has 0 spiro atoms. The molecule has 22 rings (SSSR count). The molecule has 0 aliphatic carbocycles. The highest BCUT2D eigenvalue weighted by molar-refractivity contribution is 6.19. The van der Waals surface area contributed by atoms with Crippen LogP contribution in [0.3, 0.4) is 0 Å². The third-order valence-electron chi connectivity index (χ3n) is 21.8. The molecule has 0 saturated heterocycles. The van der Waals surface area contributed by atoms with E-state index in [2.05, 4.69) is 352 Å². The molecule has 0 radical (unpaired) electrons. The van der Waals surface area contributed by atoms with E-state index in [0.29, 0.717) is 5.82 Å². The largest absolute Gasteiger partial charge is 0.309 e. The zero-order valence-electron chi connectivity index (χ0n) is 60.7. The first-order valence-corrected chi connectivity index (χ1v) is 37.9. The van der Waals surface area contributed by atoms with Crippen molar-refractivity contribution in [3.05, 3.63) is 407 Å². The fraction of sp³-hybridized carbons (Fsp3) is 0. The monoisotopic (exact) mass is 1430 g/mol. The quantitative estimate of drug-likeness (QED) is 0.122. The Kier molecular flexibility index (Phi) is 16.0. The van der Waals surface area contributed by atoms with Gasteiger partial charge in [-0.05, 0) is 173 Å². The fourth-order valence-electron chi connectivity index (χ4n) is 16.6. The highest BCUT2D eigenvalue weighted by atomic mass is 15.1. The van der Waals surface area contributed by atoms with Crippen molar-refractivity contribution in [2.45, 2.75) is 0 Å². The summed E-state index contributed by atoms with van der Waals surface area (Å²) in [7, 11) is 0. The lowest BCUT2D eigenvalue weighted by molar-refractivity contribution is 1.13. The maximum Gasteiger partial charge on any atom is 0.160 e. The molecule has 524 valence electrons. The van der Waals surface area contributed by atoms with Gasteiger partial charge in [-0.1, -0.05) is 255 Å². The molecule has 0 saturated carbocycles. The Labute approximate surface area is 645 Å². The molecule has 0 fully saturated rings. The highest BCUT2D eigenvalue weighted by Gasteiger charge is 2.23. The van der Waals surface area contributed by atoms with Crippen LogP contribution >= 0.6 is 0 Å².